The van der Waals surface area contributed by atoms with Gasteiger partial charge in [-0.1, -0.05) is 25.3 Å². The molecule has 0 saturated carbocycles. The SMILES string of the molecule is CC1(C)C2=[N+](CCCCCC(=O)NCCNC(=O)CCCCCC3(C)C(=CC=C2)N(CCCCCC(=O)O)c2ccc(S(=O)(=O)O)cc23)c2ccc(S(C)(=O)=O)cc21. The van der Waals surface area contributed by atoms with Crippen LogP contribution in [0.25, 0.3) is 0 Å². The Kier molecular flexibility index (Phi) is 14.4. The molecular formula is C43H59N4O9S2+. The van der Waals surface area contributed by atoms with Crippen molar-refractivity contribution < 1.29 is 45.5 Å². The minimum Gasteiger partial charge on any atom is -0.481 e. The number of amides is 2. The molecule has 0 radical (unpaired) electrons. The fourth-order valence-electron chi connectivity index (χ4n) is 8.53. The summed E-state index contributed by atoms with van der Waals surface area (Å²) in [7, 11) is -7.97. The van der Waals surface area contributed by atoms with E-state index in [-0.39, 0.29) is 28.0 Å². The van der Waals surface area contributed by atoms with Crippen LogP contribution in [0.2, 0.25) is 0 Å². The zero-order valence-corrected chi connectivity index (χ0v) is 35.8. The molecule has 0 fully saturated rings. The summed E-state index contributed by atoms with van der Waals surface area (Å²) in [5, 5.41) is 15.0. The van der Waals surface area contributed by atoms with Crippen LogP contribution in [0.15, 0.2) is 70.1 Å². The van der Waals surface area contributed by atoms with Crippen molar-refractivity contribution >= 4 is 54.8 Å². The lowest BCUT2D eigenvalue weighted by atomic mass is 9.77. The molecule has 1 atom stereocenters. The van der Waals surface area contributed by atoms with E-state index >= 15 is 0 Å². The zero-order chi connectivity index (χ0) is 42.3. The van der Waals surface area contributed by atoms with Gasteiger partial charge in [0.15, 0.2) is 15.5 Å². The van der Waals surface area contributed by atoms with Crippen molar-refractivity contribution in [3.05, 3.63) is 71.5 Å². The lowest BCUT2D eigenvalue weighted by molar-refractivity contribution is -0.438. The van der Waals surface area contributed by atoms with E-state index in [1.165, 1.54) is 12.3 Å². The minimum atomic E-state index is -4.51. The van der Waals surface area contributed by atoms with Gasteiger partial charge in [0.2, 0.25) is 17.5 Å². The number of hydrogen-bond acceptors (Lipinski definition) is 8. The van der Waals surface area contributed by atoms with E-state index < -0.39 is 36.8 Å². The normalized spacial score (nSPS) is 21.3. The van der Waals surface area contributed by atoms with E-state index in [1.807, 2.05) is 12.1 Å². The molecule has 0 bridgehead atoms. The highest BCUT2D eigenvalue weighted by atomic mass is 32.2. The van der Waals surface area contributed by atoms with Gasteiger partial charge in [-0.05, 0) is 101 Å². The van der Waals surface area contributed by atoms with Crippen LogP contribution in [0.4, 0.5) is 11.4 Å². The third kappa shape index (κ3) is 10.6. The van der Waals surface area contributed by atoms with E-state index in [0.29, 0.717) is 77.5 Å². The molecule has 316 valence electrons. The molecule has 2 aromatic carbocycles. The number of anilines is 1. The van der Waals surface area contributed by atoms with Crippen LogP contribution >= 0.6 is 0 Å². The molecule has 5 rings (SSSR count). The van der Waals surface area contributed by atoms with Gasteiger partial charge in [0, 0.05) is 86.1 Å². The van der Waals surface area contributed by atoms with Crippen molar-refractivity contribution in [1.29, 1.82) is 0 Å². The minimum absolute atomic E-state index is 0.0598. The maximum absolute atomic E-state index is 12.7. The highest BCUT2D eigenvalue weighted by molar-refractivity contribution is 7.90. The number of sulfone groups is 1. The van der Waals surface area contributed by atoms with Gasteiger partial charge in [-0.3, -0.25) is 18.9 Å². The van der Waals surface area contributed by atoms with Crippen molar-refractivity contribution in [3.8, 4) is 0 Å². The number of carboxylic acid groups (broad SMARTS) is 1. The average molecular weight is 840 g/mol. The predicted molar refractivity (Wildman–Crippen MR) is 224 cm³/mol. The Morgan fingerprint density at radius 3 is 2.10 bits per heavy atom. The standard InChI is InChI=1S/C43H58N4O9S2/c1-42(2)33-29-31(57(4,52)53)20-22-35(33)46-27-12-6-9-18-40(49)45-26-25-44-39(48)17-8-5-11-24-43(3)34-30-32(58(54,55)56)21-23-36(34)47(28-13-7-10-19-41(50)51)38(43)16-14-15-37(42)46/h14-16,20-23,29-30H,5-13,17-19,24-28H2,1-4H3,(H3-,44,45,48,49,50,51,54,55,56)/p+1. The third-order valence-corrected chi connectivity index (χ3v) is 13.7. The van der Waals surface area contributed by atoms with Crippen LogP contribution in [0.5, 0.6) is 0 Å². The van der Waals surface area contributed by atoms with Gasteiger partial charge in [-0.25, -0.2) is 8.42 Å². The lowest BCUT2D eigenvalue weighted by Gasteiger charge is -2.30. The molecule has 58 heavy (non-hydrogen) atoms. The molecule has 2 amide bonds. The highest BCUT2D eigenvalue weighted by Crippen LogP contribution is 2.51. The first-order valence-corrected chi connectivity index (χ1v) is 23.7. The van der Waals surface area contributed by atoms with E-state index in [1.54, 1.807) is 24.3 Å². The van der Waals surface area contributed by atoms with E-state index in [2.05, 4.69) is 53.0 Å². The largest absolute Gasteiger partial charge is 0.481 e. The van der Waals surface area contributed by atoms with Crippen LogP contribution < -0.4 is 15.5 Å². The molecule has 4 N–H and O–H groups in total. The average Bonchev–Trinajstić information content (AvgIpc) is 3.50. The van der Waals surface area contributed by atoms with Crippen LogP contribution in [-0.4, -0.2) is 87.0 Å². The summed E-state index contributed by atoms with van der Waals surface area (Å²) in [6.45, 7) is 8.12. The number of carbonyl (C=O) groups excluding carboxylic acids is 2. The molecule has 3 aliphatic rings. The summed E-state index contributed by atoms with van der Waals surface area (Å²) in [6, 6.07) is 9.97. The van der Waals surface area contributed by atoms with Gasteiger partial charge >= 0.3 is 5.97 Å². The summed E-state index contributed by atoms with van der Waals surface area (Å²) in [6.07, 6.45) is 15.0. The van der Waals surface area contributed by atoms with Crippen LogP contribution in [-0.2, 0) is 45.2 Å². The first-order chi connectivity index (χ1) is 27.3. The Bertz CT molecular complexity index is 2210. The van der Waals surface area contributed by atoms with Gasteiger partial charge in [-0.15, -0.1) is 0 Å². The number of aliphatic carboxylic acids is 1. The number of hydrogen-bond donors (Lipinski definition) is 4. The highest BCUT2D eigenvalue weighted by Gasteiger charge is 2.46. The molecule has 15 heteroatoms. The van der Waals surface area contributed by atoms with Crippen molar-refractivity contribution in [3.63, 3.8) is 0 Å². The second-order valence-corrected chi connectivity index (χ2v) is 19.9. The Labute approximate surface area is 343 Å². The van der Waals surface area contributed by atoms with Crippen molar-refractivity contribution in [2.75, 3.05) is 37.3 Å². The number of carboxylic acids is 1. The van der Waals surface area contributed by atoms with Gasteiger partial charge in [0.1, 0.15) is 6.54 Å². The summed E-state index contributed by atoms with van der Waals surface area (Å²) in [5.41, 5.74) is 4.04. The molecule has 1 unspecified atom stereocenters. The maximum atomic E-state index is 12.7. The quantitative estimate of drug-likeness (QED) is 0.133. The summed E-state index contributed by atoms with van der Waals surface area (Å²) in [5.74, 6) is -0.991. The Morgan fingerprint density at radius 1 is 0.828 bits per heavy atom. The number of unbranched alkanes of at least 4 members (excludes halogenated alkanes) is 2. The van der Waals surface area contributed by atoms with Gasteiger partial charge < -0.3 is 20.6 Å². The number of benzene rings is 2. The second-order valence-electron chi connectivity index (χ2n) is 16.4. The van der Waals surface area contributed by atoms with Crippen molar-refractivity contribution in [2.24, 2.45) is 0 Å². The number of fused-ring (bicyclic) bond motifs is 5. The fraction of sp³-hybridized carbons (Fsp3) is 0.535. The predicted octanol–water partition coefficient (Wildman–Crippen LogP) is 6.33. The fourth-order valence-corrected chi connectivity index (χ4v) is 9.68. The number of nitrogens with one attached hydrogen (secondary N) is 2. The molecule has 3 heterocycles. The number of rotatable bonds is 8. The third-order valence-electron chi connectivity index (χ3n) is 11.7. The molecule has 2 aromatic rings. The lowest BCUT2D eigenvalue weighted by Crippen LogP contribution is -2.34. The van der Waals surface area contributed by atoms with E-state index in [9.17, 15) is 40.9 Å². The maximum Gasteiger partial charge on any atom is 0.303 e. The topological polar surface area (TPSA) is 190 Å². The van der Waals surface area contributed by atoms with Crippen LogP contribution in [0, 0.1) is 0 Å². The molecule has 0 saturated heterocycles. The van der Waals surface area contributed by atoms with Crippen LogP contribution in [0.3, 0.4) is 0 Å². The Hall–Kier alpha value is -4.34. The molecule has 13 nitrogen and oxygen atoms in total. The number of allylic oxidation sites excluding steroid dienone is 4. The summed E-state index contributed by atoms with van der Waals surface area (Å²) in [4.78, 5) is 38.5. The Balaban J connectivity index is 1.60. The molecular weight excluding hydrogens is 781 g/mol. The molecule has 0 aliphatic carbocycles. The second kappa shape index (κ2) is 18.7. The van der Waals surface area contributed by atoms with Gasteiger partial charge in [0.05, 0.1) is 15.2 Å². The summed E-state index contributed by atoms with van der Waals surface area (Å²) >= 11 is 0. The monoisotopic (exact) mass is 839 g/mol. The van der Waals surface area contributed by atoms with Gasteiger partial charge in [-0.2, -0.15) is 13.0 Å². The smallest absolute Gasteiger partial charge is 0.303 e. The van der Waals surface area contributed by atoms with Gasteiger partial charge in [0.25, 0.3) is 10.1 Å². The number of nitrogens with zero attached hydrogens (tertiary/aromatic N) is 2. The van der Waals surface area contributed by atoms with Crippen molar-refractivity contribution in [2.45, 2.75) is 125 Å². The van der Waals surface area contributed by atoms with Crippen molar-refractivity contribution in [1.82, 2.24) is 10.6 Å². The van der Waals surface area contributed by atoms with E-state index in [0.717, 1.165) is 59.6 Å². The van der Waals surface area contributed by atoms with E-state index in [4.69, 9.17) is 0 Å². The number of carbonyl (C=O) groups is 3. The molecule has 3 aliphatic heterocycles. The molecule has 0 spiro atoms. The Morgan fingerprint density at radius 2 is 1.47 bits per heavy atom. The van der Waals surface area contributed by atoms with Crippen LogP contribution in [0.1, 0.15) is 115 Å². The zero-order valence-electron chi connectivity index (χ0n) is 34.2. The first kappa shape index (κ1) is 44.8. The molecule has 0 aromatic heterocycles. The first-order valence-electron chi connectivity index (χ1n) is 20.4. The summed E-state index contributed by atoms with van der Waals surface area (Å²) < 4.78 is 62.5.